The fraction of sp³-hybridized carbons (Fsp3) is 0.565. The van der Waals surface area contributed by atoms with Crippen LogP contribution in [-0.2, 0) is 33.5 Å². The third-order valence-electron chi connectivity index (χ3n) is 6.63. The first-order valence-electron chi connectivity index (χ1n) is 11.9. The van der Waals surface area contributed by atoms with Crippen LogP contribution >= 0.6 is 0 Å². The molecule has 2 fully saturated rings. The van der Waals surface area contributed by atoms with Crippen LogP contribution in [0.25, 0.3) is 0 Å². The van der Waals surface area contributed by atoms with E-state index < -0.39 is 90.2 Å². The quantitative estimate of drug-likeness (QED) is 0.122. The number of ether oxygens (including phenoxy) is 4. The largest absolute Gasteiger partial charge is 0.397 e. The number of rotatable bonds is 9. The smallest absolute Gasteiger partial charge is 0.394 e. The lowest BCUT2D eigenvalue weighted by atomic mass is 9.94. The first-order chi connectivity index (χ1) is 18.4. The van der Waals surface area contributed by atoms with Gasteiger partial charge in [-0.3, -0.25) is 19.0 Å². The Labute approximate surface area is 223 Å². The Hall–Kier alpha value is -2.35. The Morgan fingerprint density at radius 1 is 1.00 bits per heavy atom. The van der Waals surface area contributed by atoms with Gasteiger partial charge in [0.1, 0.15) is 42.7 Å². The van der Waals surface area contributed by atoms with Crippen LogP contribution in [-0.4, -0.2) is 125 Å². The Morgan fingerprint density at radius 3 is 2.15 bits per heavy atom. The maximum atomic E-state index is 13.3. The van der Waals surface area contributed by atoms with Crippen LogP contribution < -0.4 is 0 Å². The van der Waals surface area contributed by atoms with Gasteiger partial charge in [-0.05, 0) is 19.1 Å². The minimum atomic E-state index is -5.31. The third-order valence-corrected chi connectivity index (χ3v) is 7.09. The van der Waals surface area contributed by atoms with Gasteiger partial charge in [0.25, 0.3) is 11.8 Å². The highest BCUT2D eigenvalue weighted by molar-refractivity contribution is 7.80. The number of aliphatic hydroxyl groups is 4. The molecule has 3 aliphatic heterocycles. The van der Waals surface area contributed by atoms with E-state index in [1.54, 1.807) is 0 Å². The van der Waals surface area contributed by atoms with Crippen molar-refractivity contribution in [3.05, 3.63) is 48.0 Å². The molecule has 0 unspecified atom stereocenters. The molecular weight excluding hydrogens is 546 g/mol. The Morgan fingerprint density at radius 2 is 1.62 bits per heavy atom. The third kappa shape index (κ3) is 5.77. The van der Waals surface area contributed by atoms with E-state index in [9.17, 15) is 43.0 Å². The summed E-state index contributed by atoms with van der Waals surface area (Å²) in [5, 5.41) is 42.2. The van der Waals surface area contributed by atoms with E-state index >= 15 is 0 Å². The molecule has 4 rings (SSSR count). The van der Waals surface area contributed by atoms with E-state index in [1.807, 2.05) is 0 Å². The number of amides is 2. The summed E-state index contributed by atoms with van der Waals surface area (Å²) in [7, 11) is -5.31. The van der Waals surface area contributed by atoms with Crippen molar-refractivity contribution in [1.29, 1.82) is 0 Å². The van der Waals surface area contributed by atoms with Gasteiger partial charge in [-0.25, -0.2) is 4.18 Å². The second kappa shape index (κ2) is 11.6. The summed E-state index contributed by atoms with van der Waals surface area (Å²) in [6.45, 7) is 3.99. The van der Waals surface area contributed by atoms with Crippen LogP contribution in [0.5, 0.6) is 0 Å². The highest BCUT2D eigenvalue weighted by Crippen LogP contribution is 2.36. The van der Waals surface area contributed by atoms with Crippen molar-refractivity contribution in [1.82, 2.24) is 4.90 Å². The molecule has 2 amide bonds. The number of carbonyl (C=O) groups excluding carboxylic acids is 2. The van der Waals surface area contributed by atoms with Gasteiger partial charge in [-0.15, -0.1) is 6.58 Å². The molecule has 0 bridgehead atoms. The molecule has 0 spiro atoms. The van der Waals surface area contributed by atoms with Crippen LogP contribution in [0.3, 0.4) is 0 Å². The predicted octanol–water partition coefficient (Wildman–Crippen LogP) is -2.03. The number of nitrogens with zero attached hydrogens (tertiary/aromatic N) is 1. The van der Waals surface area contributed by atoms with Crippen LogP contribution in [0.15, 0.2) is 36.9 Å². The summed E-state index contributed by atoms with van der Waals surface area (Å²) in [6.07, 6.45) is -13.3. The molecule has 0 saturated carbocycles. The average Bonchev–Trinajstić information content (AvgIpc) is 3.14. The molecular formula is C23H29NO14S. The summed E-state index contributed by atoms with van der Waals surface area (Å²) >= 11 is 0. The SMILES string of the molecule is C=CCO[C@@H]1O[C@@H](C)[C@@H](O)[C@@H](O[C@@H]2O[C@H](CO)[C@@H](O)[C@H](OS(=O)(=O)O)[C@H]2N2C(=O)c3ccccc3C2=O)[C@@H]1O. The van der Waals surface area contributed by atoms with E-state index in [2.05, 4.69) is 10.8 Å². The second-order valence-corrected chi connectivity index (χ2v) is 10.2. The van der Waals surface area contributed by atoms with Crippen molar-refractivity contribution < 1.29 is 66.1 Å². The molecule has 3 aliphatic rings. The lowest BCUT2D eigenvalue weighted by Gasteiger charge is -2.48. The molecule has 16 heteroatoms. The van der Waals surface area contributed by atoms with E-state index in [4.69, 9.17) is 18.9 Å². The molecule has 0 aromatic heterocycles. The number of carbonyl (C=O) groups is 2. The van der Waals surface area contributed by atoms with Gasteiger partial charge < -0.3 is 39.4 Å². The van der Waals surface area contributed by atoms with E-state index in [0.717, 1.165) is 0 Å². The van der Waals surface area contributed by atoms with E-state index in [-0.39, 0.29) is 17.7 Å². The van der Waals surface area contributed by atoms with Gasteiger partial charge in [-0.1, -0.05) is 18.2 Å². The minimum absolute atomic E-state index is 0.0437. The number of fused-ring (bicyclic) bond motifs is 1. The van der Waals surface area contributed by atoms with Crippen LogP contribution in [0.2, 0.25) is 0 Å². The van der Waals surface area contributed by atoms with Crippen LogP contribution in [0, 0.1) is 0 Å². The monoisotopic (exact) mass is 575 g/mol. The van der Waals surface area contributed by atoms with Crippen molar-refractivity contribution in [3.8, 4) is 0 Å². The van der Waals surface area contributed by atoms with Crippen molar-refractivity contribution in [2.75, 3.05) is 13.2 Å². The van der Waals surface area contributed by atoms with Crippen molar-refractivity contribution in [2.24, 2.45) is 0 Å². The van der Waals surface area contributed by atoms with Gasteiger partial charge in [0.05, 0.1) is 30.4 Å². The summed E-state index contributed by atoms with van der Waals surface area (Å²) in [6, 6.07) is 3.76. The standard InChI is InChI=1S/C23H29NO14S/c1-3-8-34-23-17(28)19(15(26)10(2)35-23)37-22-14(18(38-39(31,32)33)16(27)13(9-25)36-22)24-20(29)11-6-4-5-7-12(11)21(24)30/h3-7,10,13-19,22-23,25-28H,1,8-9H2,2H3,(H,31,32,33)/t10-,13+,14+,15+,16+,17-,18+,19+,22-,23+/m0/s1. The number of aliphatic hydroxyl groups excluding tert-OH is 4. The van der Waals surface area contributed by atoms with Crippen LogP contribution in [0.1, 0.15) is 27.6 Å². The molecule has 1 aromatic carbocycles. The Bertz CT molecular complexity index is 1160. The first-order valence-corrected chi connectivity index (χ1v) is 13.2. The lowest BCUT2D eigenvalue weighted by molar-refractivity contribution is -0.345. The first kappa shape index (κ1) is 29.6. The maximum absolute atomic E-state index is 13.3. The van der Waals surface area contributed by atoms with Gasteiger partial charge in [0.2, 0.25) is 0 Å². The zero-order valence-corrected chi connectivity index (χ0v) is 21.4. The number of hydrogen-bond acceptors (Lipinski definition) is 13. The number of imide groups is 1. The van der Waals surface area contributed by atoms with Gasteiger partial charge in [-0.2, -0.15) is 8.42 Å². The molecule has 0 radical (unpaired) electrons. The Balaban J connectivity index is 1.76. The molecule has 5 N–H and O–H groups in total. The average molecular weight is 576 g/mol. The fourth-order valence-corrected chi connectivity index (χ4v) is 5.29. The van der Waals surface area contributed by atoms with Crippen LogP contribution in [0.4, 0.5) is 0 Å². The minimum Gasteiger partial charge on any atom is -0.394 e. The van der Waals surface area contributed by atoms with E-state index in [0.29, 0.717) is 4.90 Å². The Kier molecular flexibility index (Phi) is 8.84. The van der Waals surface area contributed by atoms with Crippen molar-refractivity contribution in [2.45, 2.75) is 68.3 Å². The molecule has 2 saturated heterocycles. The number of benzene rings is 1. The normalized spacial score (nSPS) is 37.1. The lowest BCUT2D eigenvalue weighted by Crippen LogP contribution is -2.69. The summed E-state index contributed by atoms with van der Waals surface area (Å²) < 4.78 is 59.9. The zero-order chi connectivity index (χ0) is 28.6. The summed E-state index contributed by atoms with van der Waals surface area (Å²) in [4.78, 5) is 27.2. The molecule has 39 heavy (non-hydrogen) atoms. The highest BCUT2D eigenvalue weighted by atomic mass is 32.3. The maximum Gasteiger partial charge on any atom is 0.397 e. The van der Waals surface area contributed by atoms with Crippen molar-refractivity contribution in [3.63, 3.8) is 0 Å². The van der Waals surface area contributed by atoms with Gasteiger partial charge in [0, 0.05) is 0 Å². The zero-order valence-electron chi connectivity index (χ0n) is 20.5. The van der Waals surface area contributed by atoms with Gasteiger partial charge in [0.15, 0.2) is 12.6 Å². The second-order valence-electron chi connectivity index (χ2n) is 9.13. The van der Waals surface area contributed by atoms with Gasteiger partial charge >= 0.3 is 10.4 Å². The fourth-order valence-electron chi connectivity index (χ4n) is 4.78. The molecule has 1 aromatic rings. The topological polar surface area (TPSA) is 219 Å². The van der Waals surface area contributed by atoms with E-state index in [1.165, 1.54) is 37.3 Å². The summed E-state index contributed by atoms with van der Waals surface area (Å²) in [5.74, 6) is -1.85. The molecule has 216 valence electrons. The highest BCUT2D eigenvalue weighted by Gasteiger charge is 2.57. The predicted molar refractivity (Wildman–Crippen MR) is 126 cm³/mol. The number of hydrogen-bond donors (Lipinski definition) is 5. The van der Waals surface area contributed by atoms with Crippen molar-refractivity contribution >= 4 is 22.2 Å². The summed E-state index contributed by atoms with van der Waals surface area (Å²) in [5.41, 5.74) is -0.105. The molecule has 0 aliphatic carbocycles. The molecule has 3 heterocycles. The molecule has 15 nitrogen and oxygen atoms in total. The molecule has 10 atom stereocenters.